The second-order valence-corrected chi connectivity index (χ2v) is 6.39. The van der Waals surface area contributed by atoms with Gasteiger partial charge in [0.05, 0.1) is 17.8 Å². The van der Waals surface area contributed by atoms with Crippen molar-refractivity contribution in [2.75, 3.05) is 7.11 Å². The van der Waals surface area contributed by atoms with Crippen LogP contribution in [0.2, 0.25) is 0 Å². The van der Waals surface area contributed by atoms with E-state index in [1.54, 1.807) is 18.4 Å². The first-order chi connectivity index (χ1) is 11.7. The van der Waals surface area contributed by atoms with Gasteiger partial charge in [-0.25, -0.2) is 4.98 Å². The highest BCUT2D eigenvalue weighted by Crippen LogP contribution is 2.22. The minimum absolute atomic E-state index is 0.109. The fraction of sp³-hybridized carbons (Fsp3) is 0.158. The summed E-state index contributed by atoms with van der Waals surface area (Å²) < 4.78 is 5.29. The van der Waals surface area contributed by atoms with Gasteiger partial charge in [0.25, 0.3) is 5.91 Å². The van der Waals surface area contributed by atoms with Crippen LogP contribution in [0.1, 0.15) is 20.9 Å². The SMILES string of the molecule is COc1ccccc1CNC(=O)c1ccc(-c2csc(C)n2)cc1. The van der Waals surface area contributed by atoms with Gasteiger partial charge in [0.2, 0.25) is 0 Å². The molecule has 1 N–H and O–H groups in total. The van der Waals surface area contributed by atoms with Crippen molar-refractivity contribution < 1.29 is 9.53 Å². The maximum absolute atomic E-state index is 12.3. The molecular weight excluding hydrogens is 320 g/mol. The molecular formula is C19H18N2O2S. The molecule has 3 rings (SSSR count). The van der Waals surface area contributed by atoms with Crippen molar-refractivity contribution in [1.29, 1.82) is 0 Å². The smallest absolute Gasteiger partial charge is 0.251 e. The van der Waals surface area contributed by atoms with Crippen molar-refractivity contribution in [2.24, 2.45) is 0 Å². The Bertz CT molecular complexity index is 841. The normalized spacial score (nSPS) is 10.4. The Labute approximate surface area is 145 Å². The molecule has 0 spiro atoms. The lowest BCUT2D eigenvalue weighted by molar-refractivity contribution is 0.0950. The van der Waals surface area contributed by atoms with Gasteiger partial charge in [-0.05, 0) is 25.1 Å². The van der Waals surface area contributed by atoms with Gasteiger partial charge in [-0.1, -0.05) is 30.3 Å². The zero-order valence-corrected chi connectivity index (χ0v) is 14.4. The molecule has 0 radical (unpaired) electrons. The average molecular weight is 338 g/mol. The number of methoxy groups -OCH3 is 1. The van der Waals surface area contributed by atoms with Crippen molar-refractivity contribution in [3.63, 3.8) is 0 Å². The zero-order valence-electron chi connectivity index (χ0n) is 13.6. The summed E-state index contributed by atoms with van der Waals surface area (Å²) in [6, 6.07) is 15.1. The molecule has 0 aliphatic heterocycles. The van der Waals surface area contributed by atoms with E-state index in [0.29, 0.717) is 12.1 Å². The predicted octanol–water partition coefficient (Wildman–Crippen LogP) is 4.06. The zero-order chi connectivity index (χ0) is 16.9. The molecule has 24 heavy (non-hydrogen) atoms. The fourth-order valence-electron chi connectivity index (χ4n) is 2.41. The number of amides is 1. The number of aryl methyl sites for hydroxylation is 1. The number of thiazole rings is 1. The van der Waals surface area contributed by atoms with Gasteiger partial charge in [0, 0.05) is 28.6 Å². The lowest BCUT2D eigenvalue weighted by Crippen LogP contribution is -2.22. The van der Waals surface area contributed by atoms with Gasteiger partial charge < -0.3 is 10.1 Å². The summed E-state index contributed by atoms with van der Waals surface area (Å²) in [5.74, 6) is 0.661. The molecule has 0 saturated carbocycles. The first-order valence-electron chi connectivity index (χ1n) is 7.60. The second-order valence-electron chi connectivity index (χ2n) is 5.32. The quantitative estimate of drug-likeness (QED) is 0.763. The third-order valence-corrected chi connectivity index (χ3v) is 4.47. The number of aromatic nitrogens is 1. The lowest BCUT2D eigenvalue weighted by Gasteiger charge is -2.09. The summed E-state index contributed by atoms with van der Waals surface area (Å²) in [4.78, 5) is 16.8. The number of nitrogens with zero attached hydrogens (tertiary/aromatic N) is 1. The van der Waals surface area contributed by atoms with Crippen LogP contribution < -0.4 is 10.1 Å². The molecule has 1 heterocycles. The molecule has 3 aromatic rings. The third kappa shape index (κ3) is 3.63. The maximum Gasteiger partial charge on any atom is 0.251 e. The Balaban J connectivity index is 1.67. The van der Waals surface area contributed by atoms with E-state index >= 15 is 0 Å². The third-order valence-electron chi connectivity index (χ3n) is 3.69. The van der Waals surface area contributed by atoms with Crippen molar-refractivity contribution >= 4 is 17.2 Å². The van der Waals surface area contributed by atoms with Crippen molar-refractivity contribution in [2.45, 2.75) is 13.5 Å². The van der Waals surface area contributed by atoms with E-state index < -0.39 is 0 Å². The Morgan fingerprint density at radius 2 is 1.92 bits per heavy atom. The Kier molecular flexibility index (Phi) is 4.91. The monoisotopic (exact) mass is 338 g/mol. The number of para-hydroxylation sites is 1. The minimum atomic E-state index is -0.109. The Hall–Kier alpha value is -2.66. The molecule has 2 aromatic carbocycles. The standard InChI is InChI=1S/C19H18N2O2S/c1-13-21-17(12-24-13)14-7-9-15(10-8-14)19(22)20-11-16-5-3-4-6-18(16)23-2/h3-10,12H,11H2,1-2H3,(H,20,22). The first-order valence-corrected chi connectivity index (χ1v) is 8.48. The Morgan fingerprint density at radius 1 is 1.17 bits per heavy atom. The van der Waals surface area contributed by atoms with E-state index in [0.717, 1.165) is 27.6 Å². The number of benzene rings is 2. The van der Waals surface area contributed by atoms with E-state index in [2.05, 4.69) is 10.3 Å². The molecule has 0 saturated heterocycles. The number of ether oxygens (including phenoxy) is 1. The van der Waals surface area contributed by atoms with Crippen molar-refractivity contribution in [3.8, 4) is 17.0 Å². The number of rotatable bonds is 5. The summed E-state index contributed by atoms with van der Waals surface area (Å²) in [5, 5.41) is 5.97. The highest BCUT2D eigenvalue weighted by atomic mass is 32.1. The van der Waals surface area contributed by atoms with Crippen LogP contribution in [0, 0.1) is 6.92 Å². The molecule has 4 nitrogen and oxygen atoms in total. The highest BCUT2D eigenvalue weighted by Gasteiger charge is 2.08. The van der Waals surface area contributed by atoms with Crippen LogP contribution in [0.3, 0.4) is 0 Å². The predicted molar refractivity (Wildman–Crippen MR) is 96.5 cm³/mol. The summed E-state index contributed by atoms with van der Waals surface area (Å²) in [6.07, 6.45) is 0. The fourth-order valence-corrected chi connectivity index (χ4v) is 3.04. The number of hydrogen-bond donors (Lipinski definition) is 1. The van der Waals surface area contributed by atoms with Crippen LogP contribution in [-0.4, -0.2) is 18.0 Å². The highest BCUT2D eigenvalue weighted by molar-refractivity contribution is 7.09. The second kappa shape index (κ2) is 7.27. The molecule has 122 valence electrons. The minimum Gasteiger partial charge on any atom is -0.496 e. The van der Waals surface area contributed by atoms with Crippen LogP contribution in [0.5, 0.6) is 5.75 Å². The first kappa shape index (κ1) is 16.2. The summed E-state index contributed by atoms with van der Waals surface area (Å²) in [7, 11) is 1.62. The number of carbonyl (C=O) groups excluding carboxylic acids is 1. The maximum atomic E-state index is 12.3. The Morgan fingerprint density at radius 3 is 2.58 bits per heavy atom. The van der Waals surface area contributed by atoms with Gasteiger partial charge in [-0.3, -0.25) is 4.79 Å². The molecule has 0 aliphatic carbocycles. The van der Waals surface area contributed by atoms with Crippen LogP contribution in [0.4, 0.5) is 0 Å². The van der Waals surface area contributed by atoms with Crippen LogP contribution in [0.25, 0.3) is 11.3 Å². The molecule has 0 fully saturated rings. The van der Waals surface area contributed by atoms with Crippen LogP contribution in [-0.2, 0) is 6.54 Å². The van der Waals surface area contributed by atoms with Gasteiger partial charge in [-0.2, -0.15) is 0 Å². The summed E-state index contributed by atoms with van der Waals surface area (Å²) in [6.45, 7) is 2.41. The van der Waals surface area contributed by atoms with Gasteiger partial charge in [-0.15, -0.1) is 11.3 Å². The molecule has 5 heteroatoms. The van der Waals surface area contributed by atoms with Crippen LogP contribution in [0.15, 0.2) is 53.9 Å². The largest absolute Gasteiger partial charge is 0.496 e. The average Bonchev–Trinajstić information content (AvgIpc) is 3.06. The van der Waals surface area contributed by atoms with Gasteiger partial charge in [0.1, 0.15) is 5.75 Å². The van der Waals surface area contributed by atoms with E-state index in [4.69, 9.17) is 4.74 Å². The van der Waals surface area contributed by atoms with E-state index in [-0.39, 0.29) is 5.91 Å². The van der Waals surface area contributed by atoms with Crippen LogP contribution >= 0.6 is 11.3 Å². The summed E-state index contributed by atoms with van der Waals surface area (Å²) >= 11 is 1.62. The van der Waals surface area contributed by atoms with E-state index in [1.807, 2.05) is 60.8 Å². The molecule has 1 amide bonds. The van der Waals surface area contributed by atoms with Gasteiger partial charge >= 0.3 is 0 Å². The molecule has 0 unspecified atom stereocenters. The molecule has 1 aromatic heterocycles. The topological polar surface area (TPSA) is 51.2 Å². The number of nitrogens with one attached hydrogen (secondary N) is 1. The molecule has 0 bridgehead atoms. The molecule has 0 aliphatic rings. The van der Waals surface area contributed by atoms with Gasteiger partial charge in [0.15, 0.2) is 0 Å². The van der Waals surface area contributed by atoms with Crippen molar-refractivity contribution in [3.05, 3.63) is 70.0 Å². The van der Waals surface area contributed by atoms with E-state index in [9.17, 15) is 4.79 Å². The van der Waals surface area contributed by atoms with E-state index in [1.165, 1.54) is 0 Å². The molecule has 0 atom stereocenters. The summed E-state index contributed by atoms with van der Waals surface area (Å²) in [5.41, 5.74) is 3.53. The lowest BCUT2D eigenvalue weighted by atomic mass is 10.1. The van der Waals surface area contributed by atoms with Crippen molar-refractivity contribution in [1.82, 2.24) is 10.3 Å². The number of hydrogen-bond acceptors (Lipinski definition) is 4. The number of carbonyl (C=O) groups is 1.